The molecule has 4 nitrogen and oxygen atoms in total. The number of aromatic nitrogens is 3. The summed E-state index contributed by atoms with van der Waals surface area (Å²) in [6.07, 6.45) is 0. The van der Waals surface area contributed by atoms with E-state index in [1.807, 2.05) is 85.3 Å². The Kier molecular flexibility index (Phi) is 5.01. The summed E-state index contributed by atoms with van der Waals surface area (Å²) in [4.78, 5) is 14.1. The standard InChI is InChI=1S/C23H21N3OS/c1-15-8-11-18(12-9-15)23(27)19-14-16(2)10-13-22(19)28-17(3)26-21-7-5-4-6-20(21)24-25-26/h4-14,17H,1-3H3. The Bertz CT molecular complexity index is 1150. The molecular formula is C23H21N3OS. The second-order valence-corrected chi connectivity index (χ2v) is 8.29. The van der Waals surface area contributed by atoms with E-state index in [-0.39, 0.29) is 11.2 Å². The summed E-state index contributed by atoms with van der Waals surface area (Å²) in [6, 6.07) is 21.7. The molecule has 1 unspecified atom stereocenters. The molecular weight excluding hydrogens is 366 g/mol. The molecule has 0 amide bonds. The van der Waals surface area contributed by atoms with E-state index in [9.17, 15) is 4.79 Å². The summed E-state index contributed by atoms with van der Waals surface area (Å²) in [5.41, 5.74) is 5.50. The first-order chi connectivity index (χ1) is 13.5. The van der Waals surface area contributed by atoms with Gasteiger partial charge in [0, 0.05) is 16.0 Å². The fraction of sp³-hybridized carbons (Fsp3) is 0.174. The maximum absolute atomic E-state index is 13.2. The molecule has 5 heteroatoms. The SMILES string of the molecule is Cc1ccc(C(=O)c2cc(C)ccc2SC(C)n2nnc3ccccc32)cc1. The highest BCUT2D eigenvalue weighted by Gasteiger charge is 2.18. The van der Waals surface area contributed by atoms with Gasteiger partial charge in [-0.2, -0.15) is 0 Å². The van der Waals surface area contributed by atoms with Crippen molar-refractivity contribution in [1.82, 2.24) is 15.0 Å². The molecule has 1 heterocycles. The van der Waals surface area contributed by atoms with Gasteiger partial charge in [0.25, 0.3) is 0 Å². The Labute approximate surface area is 168 Å². The van der Waals surface area contributed by atoms with E-state index in [2.05, 4.69) is 17.2 Å². The molecule has 0 aliphatic rings. The third-order valence-electron chi connectivity index (χ3n) is 4.71. The number of rotatable bonds is 5. The maximum Gasteiger partial charge on any atom is 0.194 e. The number of carbonyl (C=O) groups excluding carboxylic acids is 1. The van der Waals surface area contributed by atoms with Crippen molar-refractivity contribution in [1.29, 1.82) is 0 Å². The first kappa shape index (κ1) is 18.4. The van der Waals surface area contributed by atoms with Gasteiger partial charge in [-0.3, -0.25) is 4.79 Å². The Morgan fingerprint density at radius 3 is 2.46 bits per heavy atom. The molecule has 4 rings (SSSR count). The second-order valence-electron chi connectivity index (χ2n) is 6.93. The highest BCUT2D eigenvalue weighted by molar-refractivity contribution is 7.99. The van der Waals surface area contributed by atoms with Crippen LogP contribution in [-0.2, 0) is 0 Å². The monoisotopic (exact) mass is 387 g/mol. The molecule has 0 bridgehead atoms. The van der Waals surface area contributed by atoms with E-state index >= 15 is 0 Å². The molecule has 1 aromatic heterocycles. The number of aryl methyl sites for hydroxylation is 2. The molecule has 0 radical (unpaired) electrons. The third kappa shape index (κ3) is 3.58. The van der Waals surface area contributed by atoms with Gasteiger partial charge in [0.15, 0.2) is 5.78 Å². The van der Waals surface area contributed by atoms with Crippen LogP contribution in [-0.4, -0.2) is 20.8 Å². The summed E-state index contributed by atoms with van der Waals surface area (Å²) in [7, 11) is 0. The van der Waals surface area contributed by atoms with E-state index in [4.69, 9.17) is 0 Å². The summed E-state index contributed by atoms with van der Waals surface area (Å²) in [6.45, 7) is 6.10. The third-order valence-corrected chi connectivity index (χ3v) is 5.86. The molecule has 4 aromatic rings. The fourth-order valence-electron chi connectivity index (χ4n) is 3.17. The first-order valence-corrected chi connectivity index (χ1v) is 10.1. The molecule has 28 heavy (non-hydrogen) atoms. The van der Waals surface area contributed by atoms with Crippen LogP contribution in [0, 0.1) is 13.8 Å². The quantitative estimate of drug-likeness (QED) is 0.331. The molecule has 0 aliphatic carbocycles. The van der Waals surface area contributed by atoms with Gasteiger partial charge in [0.1, 0.15) is 10.9 Å². The van der Waals surface area contributed by atoms with E-state index in [1.165, 1.54) is 0 Å². The minimum absolute atomic E-state index is 0.000302. The molecule has 0 saturated carbocycles. The number of nitrogens with zero attached hydrogens (tertiary/aromatic N) is 3. The summed E-state index contributed by atoms with van der Waals surface area (Å²) in [5.74, 6) is 0.0434. The highest BCUT2D eigenvalue weighted by atomic mass is 32.2. The van der Waals surface area contributed by atoms with Gasteiger partial charge in [-0.1, -0.05) is 70.6 Å². The Hall–Kier alpha value is -2.92. The number of para-hydroxylation sites is 1. The van der Waals surface area contributed by atoms with Crippen molar-refractivity contribution in [2.75, 3.05) is 0 Å². The summed E-state index contributed by atoms with van der Waals surface area (Å²) >= 11 is 1.62. The van der Waals surface area contributed by atoms with E-state index in [0.717, 1.165) is 32.6 Å². The molecule has 0 spiro atoms. The molecule has 1 atom stereocenters. The Morgan fingerprint density at radius 2 is 1.68 bits per heavy atom. The van der Waals surface area contributed by atoms with Gasteiger partial charge in [0.2, 0.25) is 0 Å². The average Bonchev–Trinajstić information content (AvgIpc) is 3.13. The molecule has 0 fully saturated rings. The van der Waals surface area contributed by atoms with Crippen LogP contribution in [0.2, 0.25) is 0 Å². The van der Waals surface area contributed by atoms with Gasteiger partial charge in [-0.25, -0.2) is 4.68 Å². The van der Waals surface area contributed by atoms with E-state index in [1.54, 1.807) is 11.8 Å². The Morgan fingerprint density at radius 1 is 0.964 bits per heavy atom. The van der Waals surface area contributed by atoms with Crippen LogP contribution in [0.5, 0.6) is 0 Å². The maximum atomic E-state index is 13.2. The predicted molar refractivity (Wildman–Crippen MR) is 114 cm³/mol. The van der Waals surface area contributed by atoms with Gasteiger partial charge in [0.05, 0.1) is 5.52 Å². The van der Waals surface area contributed by atoms with Crippen molar-refractivity contribution in [3.63, 3.8) is 0 Å². The number of ketones is 1. The van der Waals surface area contributed by atoms with Crippen LogP contribution < -0.4 is 0 Å². The number of hydrogen-bond donors (Lipinski definition) is 0. The van der Waals surface area contributed by atoms with Gasteiger partial charge in [-0.05, 0) is 45.0 Å². The summed E-state index contributed by atoms with van der Waals surface area (Å²) < 4.78 is 1.90. The van der Waals surface area contributed by atoms with Crippen molar-refractivity contribution in [2.45, 2.75) is 31.0 Å². The zero-order valence-electron chi connectivity index (χ0n) is 16.1. The molecule has 0 aliphatic heterocycles. The number of carbonyl (C=O) groups is 1. The van der Waals surface area contributed by atoms with Crippen molar-refractivity contribution in [3.8, 4) is 0 Å². The van der Waals surface area contributed by atoms with Crippen molar-refractivity contribution < 1.29 is 4.79 Å². The van der Waals surface area contributed by atoms with Crippen LogP contribution in [0.25, 0.3) is 11.0 Å². The second kappa shape index (κ2) is 7.60. The number of benzene rings is 3. The fourth-order valence-corrected chi connectivity index (χ4v) is 4.22. The average molecular weight is 388 g/mol. The van der Waals surface area contributed by atoms with E-state index < -0.39 is 0 Å². The lowest BCUT2D eigenvalue weighted by Gasteiger charge is -2.15. The lowest BCUT2D eigenvalue weighted by molar-refractivity contribution is 0.103. The molecule has 140 valence electrons. The molecule has 0 N–H and O–H groups in total. The van der Waals surface area contributed by atoms with E-state index in [0.29, 0.717) is 5.56 Å². The van der Waals surface area contributed by atoms with Crippen LogP contribution >= 0.6 is 11.8 Å². The van der Waals surface area contributed by atoms with Gasteiger partial charge in [-0.15, -0.1) is 5.10 Å². The van der Waals surface area contributed by atoms with Gasteiger partial charge < -0.3 is 0 Å². The highest BCUT2D eigenvalue weighted by Crippen LogP contribution is 2.35. The van der Waals surface area contributed by atoms with Crippen LogP contribution in [0.1, 0.15) is 39.3 Å². The molecule has 0 saturated heterocycles. The van der Waals surface area contributed by atoms with Crippen molar-refractivity contribution in [3.05, 3.63) is 89.0 Å². The van der Waals surface area contributed by atoms with Gasteiger partial charge >= 0.3 is 0 Å². The predicted octanol–water partition coefficient (Wildman–Crippen LogP) is 5.59. The topological polar surface area (TPSA) is 47.8 Å². The minimum Gasteiger partial charge on any atom is -0.289 e. The number of hydrogen-bond acceptors (Lipinski definition) is 4. The zero-order valence-corrected chi connectivity index (χ0v) is 16.9. The number of fused-ring (bicyclic) bond motifs is 1. The summed E-state index contributed by atoms with van der Waals surface area (Å²) in [5, 5.41) is 8.55. The molecule has 3 aromatic carbocycles. The minimum atomic E-state index is -0.000302. The van der Waals surface area contributed by atoms with Crippen LogP contribution in [0.4, 0.5) is 0 Å². The van der Waals surface area contributed by atoms with Crippen LogP contribution in [0.15, 0.2) is 71.6 Å². The largest absolute Gasteiger partial charge is 0.289 e. The lowest BCUT2D eigenvalue weighted by atomic mass is 10.0. The smallest absolute Gasteiger partial charge is 0.194 e. The zero-order chi connectivity index (χ0) is 19.7. The normalized spacial score (nSPS) is 12.2. The Balaban J connectivity index is 1.68. The van der Waals surface area contributed by atoms with Crippen molar-refractivity contribution >= 4 is 28.6 Å². The van der Waals surface area contributed by atoms with Crippen molar-refractivity contribution in [2.24, 2.45) is 0 Å². The first-order valence-electron chi connectivity index (χ1n) is 9.21. The van der Waals surface area contributed by atoms with Crippen LogP contribution in [0.3, 0.4) is 0 Å². The lowest BCUT2D eigenvalue weighted by Crippen LogP contribution is -2.07. The number of thioether (sulfide) groups is 1.